The van der Waals surface area contributed by atoms with Crippen molar-refractivity contribution >= 4 is 5.91 Å². The molecule has 2 aromatic rings. The fourth-order valence-corrected chi connectivity index (χ4v) is 2.42. The van der Waals surface area contributed by atoms with Crippen LogP contribution >= 0.6 is 0 Å². The highest BCUT2D eigenvalue weighted by Crippen LogP contribution is 2.36. The highest BCUT2D eigenvalue weighted by molar-refractivity contribution is 5.93. The molecule has 1 aromatic carbocycles. The monoisotopic (exact) mass is 306 g/mol. The van der Waals surface area contributed by atoms with Crippen LogP contribution in [0.4, 0.5) is 8.78 Å². The Balaban J connectivity index is 2.23. The van der Waals surface area contributed by atoms with Gasteiger partial charge in [0.15, 0.2) is 6.29 Å². The summed E-state index contributed by atoms with van der Waals surface area (Å²) in [5, 5.41) is 9.54. The fraction of sp³-hybridized carbons (Fsp3) is 0.200. The Morgan fingerprint density at radius 3 is 2.77 bits per heavy atom. The van der Waals surface area contributed by atoms with E-state index >= 15 is 0 Å². The van der Waals surface area contributed by atoms with Crippen LogP contribution in [0.3, 0.4) is 0 Å². The summed E-state index contributed by atoms with van der Waals surface area (Å²) < 4.78 is 32.3. The Bertz CT molecular complexity index is 765. The summed E-state index contributed by atoms with van der Waals surface area (Å²) in [6.07, 6.45) is -0.358. The van der Waals surface area contributed by atoms with E-state index < -0.39 is 23.8 Å². The van der Waals surface area contributed by atoms with Crippen molar-refractivity contribution in [2.75, 3.05) is 0 Å². The topological polar surface area (TPSA) is 85.4 Å². The minimum Gasteiger partial charge on any atom is -0.448 e. The van der Waals surface area contributed by atoms with E-state index in [-0.39, 0.29) is 17.1 Å². The van der Waals surface area contributed by atoms with Gasteiger partial charge in [-0.05, 0) is 30.2 Å². The van der Waals surface area contributed by atoms with Crippen LogP contribution in [0.5, 0.6) is 5.88 Å². The molecule has 0 radical (unpaired) electrons. The number of aliphatic hydroxyl groups is 1. The van der Waals surface area contributed by atoms with Gasteiger partial charge < -0.3 is 15.6 Å². The normalized spacial score (nSPS) is 16.8. The summed E-state index contributed by atoms with van der Waals surface area (Å²) in [4.78, 5) is 15.3. The minimum atomic E-state index is -1.05. The molecule has 0 saturated heterocycles. The Labute approximate surface area is 124 Å². The van der Waals surface area contributed by atoms with E-state index in [9.17, 15) is 18.7 Å². The molecule has 3 rings (SSSR count). The molecule has 5 nitrogen and oxygen atoms in total. The molecule has 0 aliphatic carbocycles. The van der Waals surface area contributed by atoms with Crippen molar-refractivity contribution in [2.45, 2.75) is 19.1 Å². The summed E-state index contributed by atoms with van der Waals surface area (Å²) in [7, 11) is 0. The SMILES string of the molecule is NC(=O)c1cc(-c2ccc(F)cc2F)c2c(n1)O[C@@H](O)CC2. The van der Waals surface area contributed by atoms with Gasteiger partial charge in [0.1, 0.15) is 17.3 Å². The average molecular weight is 306 g/mol. The number of rotatable bonds is 2. The Morgan fingerprint density at radius 2 is 2.09 bits per heavy atom. The molecular weight excluding hydrogens is 294 g/mol. The third-order valence-electron chi connectivity index (χ3n) is 3.45. The zero-order valence-electron chi connectivity index (χ0n) is 11.3. The maximum Gasteiger partial charge on any atom is 0.267 e. The number of benzene rings is 1. The lowest BCUT2D eigenvalue weighted by Gasteiger charge is -2.24. The molecule has 1 amide bonds. The van der Waals surface area contributed by atoms with Crippen molar-refractivity contribution in [1.29, 1.82) is 0 Å². The Morgan fingerprint density at radius 1 is 1.32 bits per heavy atom. The van der Waals surface area contributed by atoms with Gasteiger partial charge in [-0.25, -0.2) is 13.8 Å². The maximum atomic E-state index is 14.0. The number of pyridine rings is 1. The lowest BCUT2D eigenvalue weighted by Crippen LogP contribution is -2.25. The average Bonchev–Trinajstić information content (AvgIpc) is 2.45. The van der Waals surface area contributed by atoms with E-state index in [0.29, 0.717) is 24.0 Å². The third-order valence-corrected chi connectivity index (χ3v) is 3.45. The quantitative estimate of drug-likeness (QED) is 0.885. The van der Waals surface area contributed by atoms with E-state index in [0.717, 1.165) is 12.1 Å². The number of ether oxygens (including phenoxy) is 1. The summed E-state index contributed by atoms with van der Waals surface area (Å²) in [6.45, 7) is 0. The molecule has 7 heteroatoms. The molecule has 114 valence electrons. The van der Waals surface area contributed by atoms with E-state index in [1.165, 1.54) is 12.1 Å². The summed E-state index contributed by atoms with van der Waals surface area (Å²) in [6, 6.07) is 4.49. The van der Waals surface area contributed by atoms with Crippen LogP contribution in [0.15, 0.2) is 24.3 Å². The molecule has 1 aliphatic heterocycles. The second-order valence-electron chi connectivity index (χ2n) is 4.94. The van der Waals surface area contributed by atoms with Crippen LogP contribution in [0.2, 0.25) is 0 Å². The first kappa shape index (κ1) is 14.4. The first-order valence-corrected chi connectivity index (χ1v) is 6.59. The van der Waals surface area contributed by atoms with Crippen LogP contribution in [0.1, 0.15) is 22.5 Å². The van der Waals surface area contributed by atoms with E-state index in [1.807, 2.05) is 0 Å². The number of hydrogen-bond acceptors (Lipinski definition) is 4. The number of fused-ring (bicyclic) bond motifs is 1. The number of aliphatic hydroxyl groups excluding tert-OH is 1. The number of primary amides is 1. The van der Waals surface area contributed by atoms with E-state index in [2.05, 4.69) is 4.98 Å². The molecular formula is C15H12F2N2O3. The smallest absolute Gasteiger partial charge is 0.267 e. The minimum absolute atomic E-state index is 0.0359. The van der Waals surface area contributed by atoms with Gasteiger partial charge in [0, 0.05) is 23.6 Å². The zero-order chi connectivity index (χ0) is 15.9. The van der Waals surface area contributed by atoms with Crippen LogP contribution in [-0.2, 0) is 6.42 Å². The molecule has 22 heavy (non-hydrogen) atoms. The number of carbonyl (C=O) groups excluding carboxylic acids is 1. The summed E-state index contributed by atoms with van der Waals surface area (Å²) >= 11 is 0. The van der Waals surface area contributed by atoms with Gasteiger partial charge in [-0.3, -0.25) is 4.79 Å². The number of hydrogen-bond donors (Lipinski definition) is 2. The molecule has 0 spiro atoms. The lowest BCUT2D eigenvalue weighted by molar-refractivity contribution is -0.0350. The fourth-order valence-electron chi connectivity index (χ4n) is 2.42. The number of aromatic nitrogens is 1. The predicted molar refractivity (Wildman–Crippen MR) is 73.1 cm³/mol. The second-order valence-corrected chi connectivity index (χ2v) is 4.94. The molecule has 1 aliphatic rings. The highest BCUT2D eigenvalue weighted by Gasteiger charge is 2.25. The second kappa shape index (κ2) is 5.34. The number of amides is 1. The largest absolute Gasteiger partial charge is 0.448 e. The van der Waals surface area contributed by atoms with E-state index in [4.69, 9.17) is 10.5 Å². The molecule has 1 aromatic heterocycles. The van der Waals surface area contributed by atoms with Gasteiger partial charge in [-0.2, -0.15) is 0 Å². The number of carbonyl (C=O) groups is 1. The van der Waals surface area contributed by atoms with Gasteiger partial charge in [0.2, 0.25) is 5.88 Å². The van der Waals surface area contributed by atoms with Crippen molar-refractivity contribution in [2.24, 2.45) is 5.73 Å². The number of nitrogens with zero attached hydrogens (tertiary/aromatic N) is 1. The van der Waals surface area contributed by atoms with Gasteiger partial charge in [0.25, 0.3) is 5.91 Å². The molecule has 3 N–H and O–H groups in total. The van der Waals surface area contributed by atoms with Gasteiger partial charge >= 0.3 is 0 Å². The van der Waals surface area contributed by atoms with Gasteiger partial charge in [0.05, 0.1) is 0 Å². The van der Waals surface area contributed by atoms with Crippen LogP contribution in [0, 0.1) is 11.6 Å². The number of halogens is 2. The predicted octanol–water partition coefficient (Wildman–Crippen LogP) is 1.77. The van der Waals surface area contributed by atoms with Crippen molar-refractivity contribution in [1.82, 2.24) is 4.98 Å². The Hall–Kier alpha value is -2.54. The first-order valence-electron chi connectivity index (χ1n) is 6.59. The van der Waals surface area contributed by atoms with Crippen LogP contribution in [-0.4, -0.2) is 22.3 Å². The van der Waals surface area contributed by atoms with Gasteiger partial charge in [-0.15, -0.1) is 0 Å². The number of nitrogens with two attached hydrogens (primary N) is 1. The molecule has 0 saturated carbocycles. The van der Waals surface area contributed by atoms with Crippen molar-refractivity contribution in [3.05, 3.63) is 47.2 Å². The first-order chi connectivity index (χ1) is 10.5. The third kappa shape index (κ3) is 2.50. The standard InChI is InChI=1S/C15H12F2N2O3/c16-7-1-2-8(11(17)5-7)10-6-12(14(18)21)19-15-9(10)3-4-13(20)22-15/h1-2,5-6,13,20H,3-4H2,(H2,18,21)/t13-/m1/s1. The van der Waals surface area contributed by atoms with E-state index in [1.54, 1.807) is 0 Å². The zero-order valence-corrected chi connectivity index (χ0v) is 11.3. The van der Waals surface area contributed by atoms with Crippen molar-refractivity contribution < 1.29 is 23.4 Å². The van der Waals surface area contributed by atoms with Crippen molar-refractivity contribution in [3.63, 3.8) is 0 Å². The highest BCUT2D eigenvalue weighted by atomic mass is 19.1. The molecule has 0 fully saturated rings. The van der Waals surface area contributed by atoms with Gasteiger partial charge in [-0.1, -0.05) is 0 Å². The molecule has 2 heterocycles. The van der Waals surface area contributed by atoms with Crippen LogP contribution in [0.25, 0.3) is 11.1 Å². The summed E-state index contributed by atoms with van der Waals surface area (Å²) in [5.41, 5.74) is 6.10. The molecule has 1 atom stereocenters. The maximum absolute atomic E-state index is 14.0. The Kier molecular flexibility index (Phi) is 3.50. The van der Waals surface area contributed by atoms with Crippen LogP contribution < -0.4 is 10.5 Å². The summed E-state index contributed by atoms with van der Waals surface area (Å²) in [5.74, 6) is -2.25. The lowest BCUT2D eigenvalue weighted by atomic mass is 9.95. The molecule has 0 bridgehead atoms. The molecule has 0 unspecified atom stereocenters. The van der Waals surface area contributed by atoms with Crippen molar-refractivity contribution in [3.8, 4) is 17.0 Å².